The van der Waals surface area contributed by atoms with E-state index in [1.54, 1.807) is 12.1 Å². The number of amides is 3. The zero-order chi connectivity index (χ0) is 20.8. The molecule has 1 aromatic heterocycles. The molecule has 1 fully saturated rings. The van der Waals surface area contributed by atoms with Crippen molar-refractivity contribution in [3.63, 3.8) is 0 Å². The maximum absolute atomic E-state index is 13.3. The van der Waals surface area contributed by atoms with Crippen molar-refractivity contribution in [3.8, 4) is 5.75 Å². The monoisotopic (exact) mass is 395 g/mol. The normalized spacial score (nSPS) is 20.6. The molecule has 0 aliphatic carbocycles. The highest BCUT2D eigenvalue weighted by molar-refractivity contribution is 6.12. The van der Waals surface area contributed by atoms with E-state index in [2.05, 4.69) is 16.8 Å². The summed E-state index contributed by atoms with van der Waals surface area (Å²) in [6, 6.07) is 8.51. The predicted octanol–water partition coefficient (Wildman–Crippen LogP) is 2.93. The van der Waals surface area contributed by atoms with Gasteiger partial charge in [-0.1, -0.05) is 25.1 Å². The molecule has 0 bridgehead atoms. The second-order valence-corrected chi connectivity index (χ2v) is 7.68. The van der Waals surface area contributed by atoms with Gasteiger partial charge in [0.25, 0.3) is 5.91 Å². The number of aromatic nitrogens is 1. The number of carbonyl (C=O) groups excluding carboxylic acids is 3. The minimum atomic E-state index is -1.16. The lowest BCUT2D eigenvalue weighted by atomic mass is 9.84. The third kappa shape index (κ3) is 2.92. The van der Waals surface area contributed by atoms with Gasteiger partial charge >= 0.3 is 6.03 Å². The van der Waals surface area contributed by atoms with Gasteiger partial charge < -0.3 is 14.6 Å². The third-order valence-electron chi connectivity index (χ3n) is 5.88. The summed E-state index contributed by atoms with van der Waals surface area (Å²) in [5.74, 6) is -0.0426. The molecule has 7 heteroatoms. The van der Waals surface area contributed by atoms with Gasteiger partial charge in [-0.05, 0) is 32.4 Å². The number of urea groups is 1. The number of hydrogen-bond donors (Lipinski definition) is 1. The zero-order valence-corrected chi connectivity index (χ0v) is 16.9. The fraction of sp³-hybridized carbons (Fsp3) is 0.409. The minimum absolute atomic E-state index is 0.235. The molecule has 1 spiro atoms. The Morgan fingerprint density at radius 3 is 2.76 bits per heavy atom. The van der Waals surface area contributed by atoms with Crippen LogP contribution in [0.3, 0.4) is 0 Å². The number of rotatable bonds is 5. The molecule has 3 amide bonds. The lowest BCUT2D eigenvalue weighted by molar-refractivity contribution is -0.132. The van der Waals surface area contributed by atoms with E-state index in [0.29, 0.717) is 29.9 Å². The van der Waals surface area contributed by atoms with Crippen LogP contribution in [-0.4, -0.2) is 40.3 Å². The number of aryl methyl sites for hydroxylation is 1. The van der Waals surface area contributed by atoms with Gasteiger partial charge in [0.05, 0.1) is 13.2 Å². The molecule has 0 unspecified atom stereocenters. The van der Waals surface area contributed by atoms with Crippen LogP contribution in [-0.2, 0) is 16.9 Å². The quantitative estimate of drug-likeness (QED) is 0.624. The van der Waals surface area contributed by atoms with E-state index in [9.17, 15) is 14.4 Å². The molecule has 2 aromatic rings. The maximum Gasteiger partial charge on any atom is 0.325 e. The van der Waals surface area contributed by atoms with Crippen LogP contribution in [0, 0.1) is 13.8 Å². The molecular formula is C22H25N3O4. The number of ether oxygens (including phenoxy) is 1. The minimum Gasteiger partial charge on any atom is -0.493 e. The number of benzene rings is 1. The summed E-state index contributed by atoms with van der Waals surface area (Å²) >= 11 is 0. The topological polar surface area (TPSA) is 80.6 Å². The number of carbonyl (C=O) groups is 3. The number of Topliss-reactive ketones (excluding diaryl/α,β-unsaturated/α-hetero) is 1. The molecule has 0 radical (unpaired) electrons. The Morgan fingerprint density at radius 1 is 1.24 bits per heavy atom. The van der Waals surface area contributed by atoms with E-state index in [1.165, 1.54) is 0 Å². The number of fused-ring (bicyclic) bond motifs is 2. The first-order valence-corrected chi connectivity index (χ1v) is 9.95. The van der Waals surface area contributed by atoms with Crippen molar-refractivity contribution in [3.05, 3.63) is 52.8 Å². The first kappa shape index (κ1) is 19.2. The molecule has 1 N–H and O–H groups in total. The molecule has 7 nitrogen and oxygen atoms in total. The molecule has 1 saturated heterocycles. The van der Waals surface area contributed by atoms with Gasteiger partial charge in [-0.3, -0.25) is 14.5 Å². The van der Waals surface area contributed by atoms with Crippen molar-refractivity contribution < 1.29 is 19.1 Å². The zero-order valence-electron chi connectivity index (χ0n) is 16.9. The Kier molecular flexibility index (Phi) is 4.68. The van der Waals surface area contributed by atoms with Crippen molar-refractivity contribution in [2.24, 2.45) is 0 Å². The lowest BCUT2D eigenvalue weighted by Crippen LogP contribution is -2.47. The summed E-state index contributed by atoms with van der Waals surface area (Å²) in [7, 11) is 0. The van der Waals surface area contributed by atoms with E-state index in [4.69, 9.17) is 4.74 Å². The van der Waals surface area contributed by atoms with E-state index < -0.39 is 17.5 Å². The molecule has 4 rings (SSSR count). The van der Waals surface area contributed by atoms with Crippen LogP contribution in [0.4, 0.5) is 4.79 Å². The summed E-state index contributed by atoms with van der Waals surface area (Å²) in [6.45, 7) is 6.82. The van der Waals surface area contributed by atoms with Crippen molar-refractivity contribution >= 4 is 17.7 Å². The lowest BCUT2D eigenvalue weighted by Gasteiger charge is -2.33. The largest absolute Gasteiger partial charge is 0.493 e. The van der Waals surface area contributed by atoms with Crippen LogP contribution < -0.4 is 10.1 Å². The first-order valence-electron chi connectivity index (χ1n) is 9.95. The van der Waals surface area contributed by atoms with Gasteiger partial charge in [0, 0.05) is 35.5 Å². The molecule has 3 heterocycles. The van der Waals surface area contributed by atoms with Gasteiger partial charge in [0.1, 0.15) is 5.75 Å². The van der Waals surface area contributed by atoms with Gasteiger partial charge in [0.15, 0.2) is 11.3 Å². The van der Waals surface area contributed by atoms with Crippen LogP contribution >= 0.6 is 0 Å². The van der Waals surface area contributed by atoms with Gasteiger partial charge in [-0.2, -0.15) is 0 Å². The van der Waals surface area contributed by atoms with Crippen LogP contribution in [0.1, 0.15) is 47.1 Å². The van der Waals surface area contributed by atoms with E-state index >= 15 is 0 Å². The summed E-state index contributed by atoms with van der Waals surface area (Å²) in [5, 5.41) is 2.83. The average molecular weight is 395 g/mol. The Hall–Kier alpha value is -3.09. The van der Waals surface area contributed by atoms with Crippen molar-refractivity contribution in [2.45, 2.75) is 45.7 Å². The molecule has 2 aliphatic rings. The summed E-state index contributed by atoms with van der Waals surface area (Å²) in [4.78, 5) is 40.0. The highest BCUT2D eigenvalue weighted by atomic mass is 16.5. The molecule has 29 heavy (non-hydrogen) atoms. The Morgan fingerprint density at radius 2 is 2.00 bits per heavy atom. The first-order chi connectivity index (χ1) is 13.9. The molecular weight excluding hydrogens is 370 g/mol. The number of hydrogen-bond acceptors (Lipinski definition) is 4. The Bertz CT molecular complexity index is 1010. The second kappa shape index (κ2) is 7.06. The van der Waals surface area contributed by atoms with Crippen molar-refractivity contribution in [1.29, 1.82) is 0 Å². The maximum atomic E-state index is 13.3. The van der Waals surface area contributed by atoms with Gasteiger partial charge in [-0.25, -0.2) is 4.79 Å². The van der Waals surface area contributed by atoms with Crippen molar-refractivity contribution in [1.82, 2.24) is 14.8 Å². The highest BCUT2D eigenvalue weighted by Gasteiger charge is 2.55. The van der Waals surface area contributed by atoms with Crippen molar-refractivity contribution in [2.75, 3.05) is 13.2 Å². The number of ketones is 1. The molecule has 0 saturated carbocycles. The Labute approximate surface area is 169 Å². The Balaban J connectivity index is 1.62. The summed E-state index contributed by atoms with van der Waals surface area (Å²) in [5.41, 5.74) is 1.91. The second-order valence-electron chi connectivity index (χ2n) is 7.68. The SMILES string of the molecule is CCCn1c(C)cc(C(=O)CN2C(=O)N[C@]3(CCOc4ccccc43)C2=O)c1C. The van der Waals surface area contributed by atoms with Crippen LogP contribution in [0.25, 0.3) is 0 Å². The molecule has 1 aromatic carbocycles. The average Bonchev–Trinajstić information content (AvgIpc) is 3.12. The number of imide groups is 1. The van der Waals surface area contributed by atoms with E-state index in [-0.39, 0.29) is 12.3 Å². The molecule has 152 valence electrons. The van der Waals surface area contributed by atoms with Gasteiger partial charge in [-0.15, -0.1) is 0 Å². The fourth-order valence-corrected chi connectivity index (χ4v) is 4.40. The van der Waals surface area contributed by atoms with E-state index in [0.717, 1.165) is 29.3 Å². The van der Waals surface area contributed by atoms with Crippen LogP contribution in [0.5, 0.6) is 5.75 Å². The fourth-order valence-electron chi connectivity index (χ4n) is 4.40. The number of para-hydroxylation sites is 1. The van der Waals surface area contributed by atoms with Crippen LogP contribution in [0.15, 0.2) is 30.3 Å². The summed E-state index contributed by atoms with van der Waals surface area (Å²) < 4.78 is 7.73. The number of nitrogens with zero attached hydrogens (tertiary/aromatic N) is 2. The van der Waals surface area contributed by atoms with E-state index in [1.807, 2.05) is 32.0 Å². The van der Waals surface area contributed by atoms with Gasteiger partial charge in [0.2, 0.25) is 0 Å². The standard InChI is InChI=1S/C22H25N3O4/c1-4-10-24-14(2)12-16(15(24)3)18(26)13-25-20(27)22(23-21(25)28)9-11-29-19-8-6-5-7-17(19)22/h5-8,12H,4,9-11,13H2,1-3H3,(H,23,28)/t22-/m0/s1. The number of nitrogens with one attached hydrogen (secondary N) is 1. The predicted molar refractivity (Wildman–Crippen MR) is 107 cm³/mol. The highest BCUT2D eigenvalue weighted by Crippen LogP contribution is 2.41. The molecule has 2 aliphatic heterocycles. The van der Waals surface area contributed by atoms with Crippen LogP contribution in [0.2, 0.25) is 0 Å². The molecule has 1 atom stereocenters. The third-order valence-corrected chi connectivity index (χ3v) is 5.88. The summed E-state index contributed by atoms with van der Waals surface area (Å²) in [6.07, 6.45) is 1.30. The smallest absolute Gasteiger partial charge is 0.325 e.